The molecule has 3 aliphatic heterocycles. The first-order chi connectivity index (χ1) is 13.4. The fourth-order valence-electron chi connectivity index (χ4n) is 4.14. The minimum absolute atomic E-state index is 0.0191. The number of ether oxygens (including phenoxy) is 2. The molecule has 8 nitrogen and oxygen atoms in total. The average Bonchev–Trinajstić information content (AvgIpc) is 3.36. The highest BCUT2D eigenvalue weighted by atomic mass is 32.2. The molecule has 1 aromatic carbocycles. The standard InChI is InChI=1S/C19H24N2O6S/c1-2-6-20(15-5-7-28(24,25)11-15)19(23)13-8-18(22)21(10-13)14-3-4-16-17(9-14)27-12-26-16/h3-4,9,13,15H,2,5-8,10-12H2,1H3. The van der Waals surface area contributed by atoms with E-state index in [-0.39, 0.29) is 49.1 Å². The summed E-state index contributed by atoms with van der Waals surface area (Å²) in [5.41, 5.74) is 0.676. The molecule has 28 heavy (non-hydrogen) atoms. The van der Waals surface area contributed by atoms with Crippen molar-refractivity contribution < 1.29 is 27.5 Å². The fraction of sp³-hybridized carbons (Fsp3) is 0.579. The normalized spacial score (nSPS) is 25.3. The van der Waals surface area contributed by atoms with Gasteiger partial charge >= 0.3 is 0 Å². The van der Waals surface area contributed by atoms with E-state index in [4.69, 9.17) is 9.47 Å². The van der Waals surface area contributed by atoms with Gasteiger partial charge in [0.25, 0.3) is 0 Å². The van der Waals surface area contributed by atoms with Crippen molar-refractivity contribution in [2.24, 2.45) is 5.92 Å². The summed E-state index contributed by atoms with van der Waals surface area (Å²) in [5, 5.41) is 0. The van der Waals surface area contributed by atoms with Crippen LogP contribution < -0.4 is 14.4 Å². The Morgan fingerprint density at radius 3 is 2.79 bits per heavy atom. The Morgan fingerprint density at radius 2 is 2.07 bits per heavy atom. The van der Waals surface area contributed by atoms with Gasteiger partial charge in [0.15, 0.2) is 21.3 Å². The Bertz CT molecular complexity index is 900. The number of fused-ring (bicyclic) bond motifs is 1. The minimum atomic E-state index is -3.08. The molecule has 0 bridgehead atoms. The number of sulfone groups is 1. The molecule has 0 N–H and O–H groups in total. The largest absolute Gasteiger partial charge is 0.454 e. The molecule has 0 saturated carbocycles. The summed E-state index contributed by atoms with van der Waals surface area (Å²) in [5.74, 6) is 0.660. The van der Waals surface area contributed by atoms with E-state index in [0.717, 1.165) is 6.42 Å². The maximum Gasteiger partial charge on any atom is 0.231 e. The molecular weight excluding hydrogens is 384 g/mol. The van der Waals surface area contributed by atoms with Gasteiger partial charge in [0.1, 0.15) is 0 Å². The molecule has 2 saturated heterocycles. The highest BCUT2D eigenvalue weighted by Crippen LogP contribution is 2.37. The molecule has 2 atom stereocenters. The van der Waals surface area contributed by atoms with Gasteiger partial charge in [-0.05, 0) is 25.0 Å². The fourth-order valence-corrected chi connectivity index (χ4v) is 5.88. The first kappa shape index (κ1) is 19.0. The number of hydrogen-bond donors (Lipinski definition) is 0. The Hall–Kier alpha value is -2.29. The summed E-state index contributed by atoms with van der Waals surface area (Å²) >= 11 is 0. The molecule has 0 spiro atoms. The van der Waals surface area contributed by atoms with E-state index in [9.17, 15) is 18.0 Å². The van der Waals surface area contributed by atoms with Gasteiger partial charge in [-0.15, -0.1) is 0 Å². The topological polar surface area (TPSA) is 93.2 Å². The molecule has 0 aliphatic carbocycles. The smallest absolute Gasteiger partial charge is 0.231 e. The van der Waals surface area contributed by atoms with Gasteiger partial charge in [0.2, 0.25) is 18.6 Å². The third-order valence-electron chi connectivity index (χ3n) is 5.54. The highest BCUT2D eigenvalue weighted by Gasteiger charge is 2.41. The van der Waals surface area contributed by atoms with Crippen LogP contribution in [0.4, 0.5) is 5.69 Å². The zero-order valence-electron chi connectivity index (χ0n) is 15.8. The van der Waals surface area contributed by atoms with E-state index in [1.165, 1.54) is 0 Å². The van der Waals surface area contributed by atoms with Gasteiger partial charge in [0.05, 0.1) is 17.4 Å². The van der Waals surface area contributed by atoms with E-state index in [0.29, 0.717) is 30.2 Å². The van der Waals surface area contributed by atoms with Crippen LogP contribution in [0.5, 0.6) is 11.5 Å². The molecule has 3 heterocycles. The molecular formula is C19H24N2O6S. The highest BCUT2D eigenvalue weighted by molar-refractivity contribution is 7.91. The number of carbonyl (C=O) groups is 2. The molecule has 2 unspecified atom stereocenters. The minimum Gasteiger partial charge on any atom is -0.454 e. The molecule has 1 aromatic rings. The van der Waals surface area contributed by atoms with Crippen molar-refractivity contribution in [3.63, 3.8) is 0 Å². The Morgan fingerprint density at radius 1 is 1.29 bits per heavy atom. The third kappa shape index (κ3) is 3.55. The molecule has 4 rings (SSSR count). The van der Waals surface area contributed by atoms with Crippen molar-refractivity contribution >= 4 is 27.3 Å². The van der Waals surface area contributed by atoms with Crippen molar-refractivity contribution in [1.82, 2.24) is 4.90 Å². The van der Waals surface area contributed by atoms with Crippen molar-refractivity contribution in [2.45, 2.75) is 32.2 Å². The van der Waals surface area contributed by atoms with Crippen molar-refractivity contribution in [3.05, 3.63) is 18.2 Å². The molecule has 9 heteroatoms. The van der Waals surface area contributed by atoms with E-state index < -0.39 is 15.8 Å². The van der Waals surface area contributed by atoms with E-state index in [1.807, 2.05) is 6.92 Å². The van der Waals surface area contributed by atoms with Gasteiger partial charge < -0.3 is 19.3 Å². The molecule has 0 aromatic heterocycles. The maximum absolute atomic E-state index is 13.2. The van der Waals surface area contributed by atoms with Gasteiger partial charge in [-0.1, -0.05) is 6.92 Å². The second-order valence-electron chi connectivity index (χ2n) is 7.53. The van der Waals surface area contributed by atoms with Crippen LogP contribution in [0, 0.1) is 5.92 Å². The second kappa shape index (κ2) is 7.27. The SMILES string of the molecule is CCCN(C(=O)C1CC(=O)N(c2ccc3c(c2)OCO3)C1)C1CCS(=O)(=O)C1. The maximum atomic E-state index is 13.2. The Balaban J connectivity index is 1.49. The van der Waals surface area contributed by atoms with E-state index >= 15 is 0 Å². The molecule has 3 aliphatic rings. The number of amides is 2. The number of carbonyl (C=O) groups excluding carboxylic acids is 2. The number of hydrogen-bond acceptors (Lipinski definition) is 6. The summed E-state index contributed by atoms with van der Waals surface area (Å²) in [6, 6.07) is 5.01. The zero-order valence-corrected chi connectivity index (χ0v) is 16.6. The first-order valence-corrected chi connectivity index (χ1v) is 11.4. The van der Waals surface area contributed by atoms with Crippen LogP contribution in [-0.4, -0.2) is 62.6 Å². The van der Waals surface area contributed by atoms with Crippen LogP contribution in [0.3, 0.4) is 0 Å². The van der Waals surface area contributed by atoms with Gasteiger partial charge in [-0.2, -0.15) is 0 Å². The summed E-state index contributed by atoms with van der Waals surface area (Å²) in [4.78, 5) is 29.0. The lowest BCUT2D eigenvalue weighted by atomic mass is 10.0. The Labute approximate surface area is 164 Å². The summed E-state index contributed by atoms with van der Waals surface area (Å²) in [7, 11) is -3.08. The average molecular weight is 408 g/mol. The zero-order chi connectivity index (χ0) is 19.9. The third-order valence-corrected chi connectivity index (χ3v) is 7.29. The van der Waals surface area contributed by atoms with Crippen molar-refractivity contribution in [2.75, 3.05) is 36.3 Å². The molecule has 2 fully saturated rings. The van der Waals surface area contributed by atoms with Gasteiger partial charge in [0, 0.05) is 37.3 Å². The monoisotopic (exact) mass is 408 g/mol. The second-order valence-corrected chi connectivity index (χ2v) is 9.76. The molecule has 152 valence electrons. The van der Waals surface area contributed by atoms with Crippen LogP contribution in [-0.2, 0) is 19.4 Å². The van der Waals surface area contributed by atoms with E-state index in [2.05, 4.69) is 0 Å². The first-order valence-electron chi connectivity index (χ1n) is 9.59. The lowest BCUT2D eigenvalue weighted by molar-refractivity contribution is -0.137. The number of rotatable bonds is 5. The lowest BCUT2D eigenvalue weighted by Crippen LogP contribution is -2.45. The number of benzene rings is 1. The summed E-state index contributed by atoms with van der Waals surface area (Å²) in [6.45, 7) is 2.91. The van der Waals surface area contributed by atoms with Gasteiger partial charge in [-0.25, -0.2) is 8.42 Å². The predicted octanol–water partition coefficient (Wildman–Crippen LogP) is 1.19. The van der Waals surface area contributed by atoms with Crippen LogP contribution in [0.25, 0.3) is 0 Å². The van der Waals surface area contributed by atoms with Crippen molar-refractivity contribution in [1.29, 1.82) is 0 Å². The van der Waals surface area contributed by atoms with Crippen LogP contribution in [0.1, 0.15) is 26.2 Å². The summed E-state index contributed by atoms with van der Waals surface area (Å²) < 4.78 is 34.4. The van der Waals surface area contributed by atoms with Crippen LogP contribution >= 0.6 is 0 Å². The molecule has 2 amide bonds. The van der Waals surface area contributed by atoms with Crippen molar-refractivity contribution in [3.8, 4) is 11.5 Å². The van der Waals surface area contributed by atoms with Crippen LogP contribution in [0.15, 0.2) is 18.2 Å². The predicted molar refractivity (Wildman–Crippen MR) is 102 cm³/mol. The Kier molecular flexibility index (Phi) is 4.95. The quantitative estimate of drug-likeness (QED) is 0.727. The number of anilines is 1. The van der Waals surface area contributed by atoms with E-state index in [1.54, 1.807) is 28.0 Å². The molecule has 0 radical (unpaired) electrons. The van der Waals surface area contributed by atoms with Gasteiger partial charge in [-0.3, -0.25) is 9.59 Å². The summed E-state index contributed by atoms with van der Waals surface area (Å²) in [6.07, 6.45) is 1.35. The number of nitrogens with zero attached hydrogens (tertiary/aromatic N) is 2. The van der Waals surface area contributed by atoms with Crippen LogP contribution in [0.2, 0.25) is 0 Å². The lowest BCUT2D eigenvalue weighted by Gasteiger charge is -2.30.